The molecule has 0 bridgehead atoms. The highest BCUT2D eigenvalue weighted by Crippen LogP contribution is 2.20. The SMILES string of the molecule is F[C@H]1CCCN(c2cc(Cl)ncn2)C1. The fraction of sp³-hybridized carbons (Fsp3) is 0.556. The van der Waals surface area contributed by atoms with Gasteiger partial charge in [-0.2, -0.15) is 0 Å². The number of hydrogen-bond donors (Lipinski definition) is 0. The highest BCUT2D eigenvalue weighted by Gasteiger charge is 2.20. The lowest BCUT2D eigenvalue weighted by molar-refractivity contribution is 0.286. The van der Waals surface area contributed by atoms with E-state index in [1.807, 2.05) is 4.90 Å². The van der Waals surface area contributed by atoms with Gasteiger partial charge in [0.05, 0.1) is 6.54 Å². The van der Waals surface area contributed by atoms with Crippen molar-refractivity contribution in [3.63, 3.8) is 0 Å². The van der Waals surface area contributed by atoms with Crippen LogP contribution in [0.3, 0.4) is 0 Å². The molecular formula is C9H11ClFN3. The molecule has 2 heterocycles. The fourth-order valence-corrected chi connectivity index (χ4v) is 1.77. The molecule has 76 valence electrons. The summed E-state index contributed by atoms with van der Waals surface area (Å²) < 4.78 is 13.1. The highest BCUT2D eigenvalue weighted by atomic mass is 35.5. The maximum atomic E-state index is 13.1. The molecule has 0 aliphatic carbocycles. The summed E-state index contributed by atoms with van der Waals surface area (Å²) in [5.41, 5.74) is 0. The molecule has 0 N–H and O–H groups in total. The maximum absolute atomic E-state index is 13.1. The van der Waals surface area contributed by atoms with E-state index in [-0.39, 0.29) is 0 Å². The lowest BCUT2D eigenvalue weighted by atomic mass is 10.1. The summed E-state index contributed by atoms with van der Waals surface area (Å²) in [6.07, 6.45) is 2.16. The van der Waals surface area contributed by atoms with Crippen molar-refractivity contribution in [2.24, 2.45) is 0 Å². The molecule has 5 heteroatoms. The topological polar surface area (TPSA) is 29.0 Å². The number of rotatable bonds is 1. The van der Waals surface area contributed by atoms with Crippen LogP contribution in [0.25, 0.3) is 0 Å². The van der Waals surface area contributed by atoms with Gasteiger partial charge in [-0.3, -0.25) is 0 Å². The molecule has 1 saturated heterocycles. The maximum Gasteiger partial charge on any atom is 0.134 e. The van der Waals surface area contributed by atoms with E-state index in [4.69, 9.17) is 11.6 Å². The van der Waals surface area contributed by atoms with Crippen LogP contribution in [0, 0.1) is 0 Å². The van der Waals surface area contributed by atoms with Gasteiger partial charge in [0.2, 0.25) is 0 Å². The Labute approximate surface area is 86.9 Å². The van der Waals surface area contributed by atoms with Gasteiger partial charge in [-0.25, -0.2) is 14.4 Å². The van der Waals surface area contributed by atoms with Gasteiger partial charge in [-0.05, 0) is 12.8 Å². The van der Waals surface area contributed by atoms with Gasteiger partial charge < -0.3 is 4.90 Å². The first-order valence-electron chi connectivity index (χ1n) is 4.62. The predicted octanol–water partition coefficient (Wildman–Crippen LogP) is 2.07. The van der Waals surface area contributed by atoms with Crippen molar-refractivity contribution < 1.29 is 4.39 Å². The molecule has 1 aliphatic rings. The molecular weight excluding hydrogens is 205 g/mol. The Hall–Kier alpha value is -0.900. The van der Waals surface area contributed by atoms with E-state index < -0.39 is 6.17 Å². The summed E-state index contributed by atoms with van der Waals surface area (Å²) in [5.74, 6) is 0.715. The van der Waals surface area contributed by atoms with Crippen molar-refractivity contribution in [2.75, 3.05) is 18.0 Å². The second-order valence-corrected chi connectivity index (χ2v) is 3.77. The molecule has 1 aromatic heterocycles. The van der Waals surface area contributed by atoms with Crippen LogP contribution >= 0.6 is 11.6 Å². The van der Waals surface area contributed by atoms with E-state index in [0.29, 0.717) is 23.9 Å². The summed E-state index contributed by atoms with van der Waals surface area (Å²) in [4.78, 5) is 9.75. The second kappa shape index (κ2) is 4.09. The Bertz CT molecular complexity index is 321. The molecule has 0 radical (unpaired) electrons. The molecule has 0 aromatic carbocycles. The molecule has 0 unspecified atom stereocenters. The Morgan fingerprint density at radius 2 is 2.36 bits per heavy atom. The molecule has 1 aromatic rings. The van der Waals surface area contributed by atoms with E-state index in [0.717, 1.165) is 13.0 Å². The highest BCUT2D eigenvalue weighted by molar-refractivity contribution is 6.29. The Morgan fingerprint density at radius 1 is 1.50 bits per heavy atom. The number of piperidine rings is 1. The van der Waals surface area contributed by atoms with Gasteiger partial charge in [0.15, 0.2) is 0 Å². The minimum absolute atomic E-state index is 0.399. The van der Waals surface area contributed by atoms with Gasteiger partial charge in [0, 0.05) is 12.6 Å². The minimum Gasteiger partial charge on any atom is -0.354 e. The monoisotopic (exact) mass is 215 g/mol. The third-order valence-electron chi connectivity index (χ3n) is 2.31. The van der Waals surface area contributed by atoms with Crippen LogP contribution in [0.5, 0.6) is 0 Å². The van der Waals surface area contributed by atoms with Crippen molar-refractivity contribution in [2.45, 2.75) is 19.0 Å². The zero-order chi connectivity index (χ0) is 9.97. The van der Waals surface area contributed by atoms with Crippen molar-refractivity contribution >= 4 is 17.4 Å². The molecule has 14 heavy (non-hydrogen) atoms. The van der Waals surface area contributed by atoms with E-state index in [9.17, 15) is 4.39 Å². The third kappa shape index (κ3) is 2.12. The van der Waals surface area contributed by atoms with Gasteiger partial charge in [0.1, 0.15) is 23.5 Å². The zero-order valence-corrected chi connectivity index (χ0v) is 8.41. The minimum atomic E-state index is -0.752. The van der Waals surface area contributed by atoms with Gasteiger partial charge in [-0.1, -0.05) is 11.6 Å². The largest absolute Gasteiger partial charge is 0.354 e. The van der Waals surface area contributed by atoms with E-state index in [1.165, 1.54) is 6.33 Å². The van der Waals surface area contributed by atoms with Gasteiger partial charge in [0.25, 0.3) is 0 Å². The molecule has 2 rings (SSSR count). The molecule has 1 atom stereocenters. The zero-order valence-electron chi connectivity index (χ0n) is 7.66. The van der Waals surface area contributed by atoms with Crippen LogP contribution < -0.4 is 4.90 Å². The normalized spacial score (nSPS) is 22.4. The average molecular weight is 216 g/mol. The van der Waals surface area contributed by atoms with Gasteiger partial charge >= 0.3 is 0 Å². The summed E-state index contributed by atoms with van der Waals surface area (Å²) in [5, 5.41) is 0.399. The lowest BCUT2D eigenvalue weighted by Crippen LogP contribution is -2.36. The quantitative estimate of drug-likeness (QED) is 0.672. The Morgan fingerprint density at radius 3 is 3.07 bits per heavy atom. The average Bonchev–Trinajstić information content (AvgIpc) is 2.18. The number of anilines is 1. The van der Waals surface area contributed by atoms with E-state index >= 15 is 0 Å². The van der Waals surface area contributed by atoms with Crippen molar-refractivity contribution in [1.29, 1.82) is 0 Å². The molecule has 3 nitrogen and oxygen atoms in total. The predicted molar refractivity (Wildman–Crippen MR) is 53.4 cm³/mol. The smallest absolute Gasteiger partial charge is 0.134 e. The Kier molecular flexibility index (Phi) is 2.82. The summed E-state index contributed by atoms with van der Waals surface area (Å²) >= 11 is 5.73. The van der Waals surface area contributed by atoms with Crippen LogP contribution in [0.4, 0.5) is 10.2 Å². The van der Waals surface area contributed by atoms with Crippen LogP contribution in [0.2, 0.25) is 5.15 Å². The number of hydrogen-bond acceptors (Lipinski definition) is 3. The first-order valence-corrected chi connectivity index (χ1v) is 5.00. The summed E-state index contributed by atoms with van der Waals surface area (Å²) in [7, 11) is 0. The number of halogens is 2. The molecule has 0 spiro atoms. The number of alkyl halides is 1. The Balaban J connectivity index is 2.14. The summed E-state index contributed by atoms with van der Waals surface area (Å²) in [6, 6.07) is 1.67. The van der Waals surface area contributed by atoms with Crippen molar-refractivity contribution in [3.8, 4) is 0 Å². The van der Waals surface area contributed by atoms with E-state index in [1.54, 1.807) is 6.07 Å². The molecule has 0 amide bonds. The fourth-order valence-electron chi connectivity index (χ4n) is 1.63. The second-order valence-electron chi connectivity index (χ2n) is 3.38. The molecule has 0 saturated carbocycles. The van der Waals surface area contributed by atoms with Crippen molar-refractivity contribution in [1.82, 2.24) is 9.97 Å². The summed E-state index contributed by atoms with van der Waals surface area (Å²) in [6.45, 7) is 1.25. The molecule has 1 aliphatic heterocycles. The van der Waals surface area contributed by atoms with Gasteiger partial charge in [-0.15, -0.1) is 0 Å². The van der Waals surface area contributed by atoms with Crippen LogP contribution in [0.1, 0.15) is 12.8 Å². The van der Waals surface area contributed by atoms with Crippen LogP contribution in [-0.2, 0) is 0 Å². The lowest BCUT2D eigenvalue weighted by Gasteiger charge is -2.29. The van der Waals surface area contributed by atoms with E-state index in [2.05, 4.69) is 9.97 Å². The number of nitrogens with zero attached hydrogens (tertiary/aromatic N) is 3. The van der Waals surface area contributed by atoms with Crippen LogP contribution in [-0.4, -0.2) is 29.2 Å². The van der Waals surface area contributed by atoms with Crippen LogP contribution in [0.15, 0.2) is 12.4 Å². The molecule has 1 fully saturated rings. The van der Waals surface area contributed by atoms with Crippen molar-refractivity contribution in [3.05, 3.63) is 17.5 Å². The standard InChI is InChI=1S/C9H11ClFN3/c10-8-4-9(13-6-12-8)14-3-1-2-7(11)5-14/h4,6-7H,1-3,5H2/t7-/m0/s1. The third-order valence-corrected chi connectivity index (χ3v) is 2.51. The first kappa shape index (κ1) is 9.65. The number of aromatic nitrogens is 2. The first-order chi connectivity index (χ1) is 6.75.